The van der Waals surface area contributed by atoms with Crippen LogP contribution < -0.4 is 0 Å². The maximum absolute atomic E-state index is 9.77. The highest BCUT2D eigenvalue weighted by Gasteiger charge is 2.54. The highest BCUT2D eigenvalue weighted by Crippen LogP contribution is 2.41. The lowest BCUT2D eigenvalue weighted by molar-refractivity contribution is 0.0505. The van der Waals surface area contributed by atoms with Crippen molar-refractivity contribution >= 4 is 24.5 Å². The van der Waals surface area contributed by atoms with Gasteiger partial charge in [0, 0.05) is 4.48 Å². The zero-order valence-electron chi connectivity index (χ0n) is 11.4. The van der Waals surface area contributed by atoms with Crippen LogP contribution in [0.25, 0.3) is 0 Å². The van der Waals surface area contributed by atoms with Crippen molar-refractivity contribution in [1.82, 2.24) is 0 Å². The minimum atomic E-state index is -2.22. The third-order valence-corrected chi connectivity index (χ3v) is 5.45. The quantitative estimate of drug-likeness (QED) is 0.634. The molecule has 0 aromatic rings. The van der Waals surface area contributed by atoms with Crippen molar-refractivity contribution in [2.75, 3.05) is 0 Å². The van der Waals surface area contributed by atoms with E-state index in [0.717, 1.165) is 4.48 Å². The Bertz CT molecular complexity index is 364. The van der Waals surface area contributed by atoms with Crippen molar-refractivity contribution in [3.8, 4) is 0 Å². The van der Waals surface area contributed by atoms with Crippen LogP contribution in [0.4, 0.5) is 0 Å². The molecule has 1 aliphatic heterocycles. The normalized spacial score (nSPS) is 36.1. The molecule has 0 amide bonds. The lowest BCUT2D eigenvalue weighted by Gasteiger charge is -2.34. The van der Waals surface area contributed by atoms with Crippen LogP contribution in [0.3, 0.4) is 0 Å². The molecule has 1 N–H and O–H groups in total. The van der Waals surface area contributed by atoms with Crippen molar-refractivity contribution in [1.29, 1.82) is 0 Å². The van der Waals surface area contributed by atoms with Gasteiger partial charge in [-0.15, -0.1) is 0 Å². The molecule has 0 unspecified atom stereocenters. The van der Waals surface area contributed by atoms with E-state index in [1.165, 1.54) is 0 Å². The van der Waals surface area contributed by atoms with Gasteiger partial charge in [0.05, 0.1) is 11.7 Å². The smallest absolute Gasteiger partial charge is 0.332 e. The van der Waals surface area contributed by atoms with E-state index in [1.807, 2.05) is 39.9 Å². The van der Waals surface area contributed by atoms with Crippen LogP contribution in [-0.2, 0) is 13.6 Å². The number of fused-ring (bicyclic) bond motifs is 1. The van der Waals surface area contributed by atoms with E-state index < -0.39 is 14.7 Å². The summed E-state index contributed by atoms with van der Waals surface area (Å²) in [6.45, 7) is 10.1. The number of hydrogen-bond acceptors (Lipinski definition) is 4. The van der Waals surface area contributed by atoms with E-state index in [9.17, 15) is 5.11 Å². The number of hydrogen-bond donors (Lipinski definition) is 1. The Morgan fingerprint density at radius 2 is 1.94 bits per heavy atom. The SMILES string of the molecule is CC(C)(C)O[Si](C)(C)O[C@@H]1C=C(Br)[C@H](O)[C@@H]2O[C@@H]21. The molecule has 0 radical (unpaired) electrons. The molecule has 2 rings (SSSR count). The zero-order valence-corrected chi connectivity index (χ0v) is 14.0. The van der Waals surface area contributed by atoms with Gasteiger partial charge < -0.3 is 18.7 Å². The summed E-state index contributed by atoms with van der Waals surface area (Å²) < 4.78 is 18.3. The second kappa shape index (κ2) is 4.68. The van der Waals surface area contributed by atoms with Crippen molar-refractivity contribution in [2.45, 2.75) is 63.9 Å². The van der Waals surface area contributed by atoms with Gasteiger partial charge in [0.25, 0.3) is 0 Å². The van der Waals surface area contributed by atoms with Gasteiger partial charge in [0.1, 0.15) is 18.3 Å². The summed E-state index contributed by atoms with van der Waals surface area (Å²) in [7, 11) is -2.22. The predicted octanol–water partition coefficient (Wildman–Crippen LogP) is 2.31. The summed E-state index contributed by atoms with van der Waals surface area (Å²) in [6, 6.07) is 0. The lowest BCUT2D eigenvalue weighted by atomic mass is 10.0. The number of epoxide rings is 1. The van der Waals surface area contributed by atoms with Crippen LogP contribution in [0, 0.1) is 0 Å². The zero-order chi connectivity index (χ0) is 13.7. The second-order valence-corrected chi connectivity index (χ2v) is 10.4. The van der Waals surface area contributed by atoms with Crippen LogP contribution >= 0.6 is 15.9 Å². The van der Waals surface area contributed by atoms with Gasteiger partial charge in [0.2, 0.25) is 0 Å². The average Bonchev–Trinajstić information content (AvgIpc) is 2.88. The number of aliphatic hydroxyl groups excluding tert-OH is 1. The Hall–Kier alpha value is 0.277. The molecule has 4 atom stereocenters. The third kappa shape index (κ3) is 3.43. The molecule has 104 valence electrons. The van der Waals surface area contributed by atoms with E-state index in [1.54, 1.807) is 0 Å². The van der Waals surface area contributed by atoms with Crippen LogP contribution in [0.5, 0.6) is 0 Å². The Labute approximate surface area is 118 Å². The molecule has 4 nitrogen and oxygen atoms in total. The van der Waals surface area contributed by atoms with Gasteiger partial charge in [-0.3, -0.25) is 0 Å². The van der Waals surface area contributed by atoms with Gasteiger partial charge in [-0.2, -0.15) is 0 Å². The standard InChI is InChI=1S/C12H21BrO4Si/c1-12(2,3)17-18(4,5)16-8-6-7(13)9(14)11-10(8)15-11/h6,8-11,14H,1-5H3/t8-,9+,10-,11+/m1/s1. The molecule has 18 heavy (non-hydrogen) atoms. The average molecular weight is 337 g/mol. The summed E-state index contributed by atoms with van der Waals surface area (Å²) in [5.74, 6) is 0. The Kier molecular flexibility index (Phi) is 3.82. The fraction of sp³-hybridized carbons (Fsp3) is 0.833. The van der Waals surface area contributed by atoms with E-state index in [4.69, 9.17) is 13.6 Å². The van der Waals surface area contributed by atoms with Gasteiger partial charge >= 0.3 is 8.56 Å². The lowest BCUT2D eigenvalue weighted by Crippen LogP contribution is -2.46. The van der Waals surface area contributed by atoms with Gasteiger partial charge in [-0.1, -0.05) is 15.9 Å². The fourth-order valence-corrected chi connectivity index (χ4v) is 5.25. The highest BCUT2D eigenvalue weighted by atomic mass is 79.9. The Balaban J connectivity index is 2.02. The van der Waals surface area contributed by atoms with Crippen molar-refractivity contribution in [2.24, 2.45) is 0 Å². The van der Waals surface area contributed by atoms with Crippen LogP contribution in [-0.4, -0.2) is 43.7 Å². The molecular weight excluding hydrogens is 316 g/mol. The van der Waals surface area contributed by atoms with Crippen molar-refractivity contribution in [3.63, 3.8) is 0 Å². The molecule has 0 saturated carbocycles. The number of halogens is 1. The predicted molar refractivity (Wildman–Crippen MR) is 74.9 cm³/mol. The molecule has 2 aliphatic rings. The van der Waals surface area contributed by atoms with Crippen LogP contribution in [0.1, 0.15) is 20.8 Å². The first-order valence-electron chi connectivity index (χ1n) is 6.18. The summed E-state index contributed by atoms with van der Waals surface area (Å²) in [5, 5.41) is 9.77. The minimum absolute atomic E-state index is 0.0309. The first-order valence-corrected chi connectivity index (χ1v) is 9.79. The van der Waals surface area contributed by atoms with E-state index in [-0.39, 0.29) is 23.9 Å². The summed E-state index contributed by atoms with van der Waals surface area (Å²) in [6.07, 6.45) is 1.05. The fourth-order valence-electron chi connectivity index (χ4n) is 2.35. The van der Waals surface area contributed by atoms with Crippen molar-refractivity contribution < 1.29 is 18.7 Å². The molecule has 6 heteroatoms. The van der Waals surface area contributed by atoms with E-state index in [0.29, 0.717) is 0 Å². The molecule has 1 heterocycles. The van der Waals surface area contributed by atoms with Crippen LogP contribution in [0.2, 0.25) is 13.1 Å². The third-order valence-electron chi connectivity index (χ3n) is 2.77. The highest BCUT2D eigenvalue weighted by molar-refractivity contribution is 9.11. The number of aliphatic hydroxyl groups is 1. The van der Waals surface area contributed by atoms with Gasteiger partial charge in [0.15, 0.2) is 0 Å². The second-order valence-electron chi connectivity index (χ2n) is 6.26. The topological polar surface area (TPSA) is 51.2 Å². The maximum atomic E-state index is 9.77. The first kappa shape index (κ1) is 14.7. The molecule has 1 aliphatic carbocycles. The molecule has 0 aromatic heterocycles. The van der Waals surface area contributed by atoms with Gasteiger partial charge in [-0.25, -0.2) is 0 Å². The van der Waals surface area contributed by atoms with Crippen LogP contribution in [0.15, 0.2) is 10.6 Å². The van der Waals surface area contributed by atoms with E-state index >= 15 is 0 Å². The molecule has 0 spiro atoms. The molecule has 0 bridgehead atoms. The first-order chi connectivity index (χ1) is 8.09. The number of ether oxygens (including phenoxy) is 1. The molecule has 1 saturated heterocycles. The number of rotatable bonds is 3. The molecular formula is C12H21BrO4Si. The Morgan fingerprint density at radius 3 is 2.50 bits per heavy atom. The summed E-state index contributed by atoms with van der Waals surface area (Å²) in [4.78, 5) is 0. The van der Waals surface area contributed by atoms with Crippen molar-refractivity contribution in [3.05, 3.63) is 10.6 Å². The molecule has 1 fully saturated rings. The maximum Gasteiger partial charge on any atom is 0.332 e. The summed E-state index contributed by atoms with van der Waals surface area (Å²) >= 11 is 3.36. The van der Waals surface area contributed by atoms with E-state index in [2.05, 4.69) is 15.9 Å². The molecule has 0 aromatic carbocycles. The van der Waals surface area contributed by atoms with Gasteiger partial charge in [-0.05, 0) is 39.9 Å². The Morgan fingerprint density at radius 1 is 1.33 bits per heavy atom. The largest absolute Gasteiger partial charge is 0.390 e. The summed E-state index contributed by atoms with van der Waals surface area (Å²) in [5.41, 5.74) is -0.214. The monoisotopic (exact) mass is 336 g/mol. The minimum Gasteiger partial charge on any atom is -0.390 e.